The number of aliphatic hydroxyl groups is 2. The second-order valence-electron chi connectivity index (χ2n) is 6.63. The zero-order valence-electron chi connectivity index (χ0n) is 14.8. The molecule has 0 spiro atoms. The number of phenolic OH excluding ortho intramolecular Hbond substituents is 2. The van der Waals surface area contributed by atoms with E-state index in [9.17, 15) is 20.4 Å². The zero-order valence-corrected chi connectivity index (χ0v) is 14.8. The SMILES string of the molecule is COc1cc([C@H]2c3cc(O)c(OC)cc3C[C@H](CO)[C@H]2CO)ccc1O. The van der Waals surface area contributed by atoms with Crippen molar-refractivity contribution in [2.45, 2.75) is 12.3 Å². The molecule has 4 N–H and O–H groups in total. The summed E-state index contributed by atoms with van der Waals surface area (Å²) in [5.41, 5.74) is 2.67. The van der Waals surface area contributed by atoms with Gasteiger partial charge < -0.3 is 29.9 Å². The number of hydrogen-bond donors (Lipinski definition) is 4. The minimum Gasteiger partial charge on any atom is -0.504 e. The Morgan fingerprint density at radius 1 is 0.923 bits per heavy atom. The molecule has 0 heterocycles. The van der Waals surface area contributed by atoms with Crippen LogP contribution >= 0.6 is 0 Å². The number of hydrogen-bond acceptors (Lipinski definition) is 6. The standard InChI is InChI=1S/C20H24O6/c1-25-18-6-11(3-4-16(18)23)20-14-8-17(24)19(26-2)7-12(14)5-13(9-21)15(20)10-22/h3-4,6-8,13,15,20-24H,5,9-10H2,1-2H3/t13-,15-,20+/m1/s1. The molecule has 0 amide bonds. The van der Waals surface area contributed by atoms with Crippen molar-refractivity contribution >= 4 is 0 Å². The van der Waals surface area contributed by atoms with Gasteiger partial charge in [-0.15, -0.1) is 0 Å². The molecule has 26 heavy (non-hydrogen) atoms. The first kappa shape index (κ1) is 18.4. The molecule has 2 aromatic rings. The molecule has 140 valence electrons. The molecule has 2 aromatic carbocycles. The molecule has 1 aliphatic carbocycles. The third-order valence-electron chi connectivity index (χ3n) is 5.30. The fourth-order valence-electron chi connectivity index (χ4n) is 3.96. The minimum absolute atomic E-state index is 0.0288. The molecule has 0 unspecified atom stereocenters. The summed E-state index contributed by atoms with van der Waals surface area (Å²) in [6, 6.07) is 8.50. The normalized spacial score (nSPS) is 21.9. The molecule has 3 atom stereocenters. The van der Waals surface area contributed by atoms with Crippen molar-refractivity contribution in [3.05, 3.63) is 47.0 Å². The van der Waals surface area contributed by atoms with Crippen LogP contribution in [-0.2, 0) is 6.42 Å². The van der Waals surface area contributed by atoms with Crippen LogP contribution in [0.1, 0.15) is 22.6 Å². The Kier molecular flexibility index (Phi) is 5.25. The summed E-state index contributed by atoms with van der Waals surface area (Å²) in [6.45, 7) is -0.162. The van der Waals surface area contributed by atoms with E-state index in [4.69, 9.17) is 9.47 Å². The topological polar surface area (TPSA) is 99.4 Å². The summed E-state index contributed by atoms with van der Waals surface area (Å²) in [5.74, 6) is 0.160. The lowest BCUT2D eigenvalue weighted by Crippen LogP contribution is -2.35. The summed E-state index contributed by atoms with van der Waals surface area (Å²) in [7, 11) is 2.97. The molecule has 0 saturated carbocycles. The highest BCUT2D eigenvalue weighted by molar-refractivity contribution is 5.53. The van der Waals surface area contributed by atoms with Gasteiger partial charge in [-0.05, 0) is 59.2 Å². The van der Waals surface area contributed by atoms with E-state index in [1.807, 2.05) is 0 Å². The van der Waals surface area contributed by atoms with Gasteiger partial charge in [-0.1, -0.05) is 6.07 Å². The number of phenols is 2. The van der Waals surface area contributed by atoms with Crippen molar-refractivity contribution in [3.63, 3.8) is 0 Å². The van der Waals surface area contributed by atoms with Crippen LogP contribution < -0.4 is 9.47 Å². The van der Waals surface area contributed by atoms with Crippen molar-refractivity contribution in [2.75, 3.05) is 27.4 Å². The lowest BCUT2D eigenvalue weighted by molar-refractivity contribution is 0.101. The highest BCUT2D eigenvalue weighted by atomic mass is 16.5. The van der Waals surface area contributed by atoms with Crippen LogP contribution in [0.15, 0.2) is 30.3 Å². The second kappa shape index (κ2) is 7.43. The lowest BCUT2D eigenvalue weighted by atomic mass is 9.67. The summed E-state index contributed by atoms with van der Waals surface area (Å²) in [5, 5.41) is 40.0. The Hall–Kier alpha value is -2.44. The van der Waals surface area contributed by atoms with E-state index < -0.39 is 0 Å². The van der Waals surface area contributed by atoms with Crippen LogP contribution in [0.2, 0.25) is 0 Å². The lowest BCUT2D eigenvalue weighted by Gasteiger charge is -2.38. The quantitative estimate of drug-likeness (QED) is 0.651. The van der Waals surface area contributed by atoms with Gasteiger partial charge in [0.1, 0.15) is 0 Å². The first-order valence-corrected chi connectivity index (χ1v) is 8.52. The fourth-order valence-corrected chi connectivity index (χ4v) is 3.96. The van der Waals surface area contributed by atoms with E-state index >= 15 is 0 Å². The molecular weight excluding hydrogens is 336 g/mol. The predicted molar refractivity (Wildman–Crippen MR) is 96.0 cm³/mol. The van der Waals surface area contributed by atoms with Crippen LogP contribution in [0.3, 0.4) is 0 Å². The van der Waals surface area contributed by atoms with Gasteiger partial charge in [0.05, 0.1) is 14.2 Å². The minimum atomic E-state index is -0.257. The van der Waals surface area contributed by atoms with Crippen molar-refractivity contribution in [1.82, 2.24) is 0 Å². The van der Waals surface area contributed by atoms with Gasteiger partial charge in [0.2, 0.25) is 0 Å². The summed E-state index contributed by atoms with van der Waals surface area (Å²) >= 11 is 0. The van der Waals surface area contributed by atoms with Crippen LogP contribution in [0.25, 0.3) is 0 Å². The second-order valence-corrected chi connectivity index (χ2v) is 6.63. The van der Waals surface area contributed by atoms with Crippen molar-refractivity contribution in [3.8, 4) is 23.0 Å². The van der Waals surface area contributed by atoms with Crippen LogP contribution in [0.5, 0.6) is 23.0 Å². The Balaban J connectivity index is 2.19. The number of aromatic hydroxyl groups is 2. The maximum absolute atomic E-state index is 10.3. The highest BCUT2D eigenvalue weighted by Crippen LogP contribution is 2.47. The molecule has 6 heteroatoms. The highest BCUT2D eigenvalue weighted by Gasteiger charge is 2.38. The molecular formula is C20H24O6. The molecule has 0 bridgehead atoms. The Morgan fingerprint density at radius 2 is 1.62 bits per heavy atom. The van der Waals surface area contributed by atoms with Gasteiger partial charge in [0.15, 0.2) is 23.0 Å². The number of benzene rings is 2. The molecule has 1 aliphatic rings. The van der Waals surface area contributed by atoms with E-state index in [0.717, 1.165) is 16.7 Å². The largest absolute Gasteiger partial charge is 0.504 e. The first-order chi connectivity index (χ1) is 12.5. The summed E-state index contributed by atoms with van der Waals surface area (Å²) in [6.07, 6.45) is 0.583. The Morgan fingerprint density at radius 3 is 2.23 bits per heavy atom. The molecule has 0 fully saturated rings. The third kappa shape index (κ3) is 3.06. The number of methoxy groups -OCH3 is 2. The van der Waals surface area contributed by atoms with Gasteiger partial charge in [-0.2, -0.15) is 0 Å². The molecule has 3 rings (SSSR count). The maximum atomic E-state index is 10.3. The van der Waals surface area contributed by atoms with E-state index in [2.05, 4.69) is 0 Å². The van der Waals surface area contributed by atoms with Gasteiger partial charge in [-0.25, -0.2) is 0 Å². The van der Waals surface area contributed by atoms with Crippen molar-refractivity contribution in [2.24, 2.45) is 11.8 Å². The maximum Gasteiger partial charge on any atom is 0.160 e. The molecule has 0 aromatic heterocycles. The van der Waals surface area contributed by atoms with Gasteiger partial charge >= 0.3 is 0 Å². The van der Waals surface area contributed by atoms with Gasteiger partial charge in [0, 0.05) is 19.1 Å². The average molecular weight is 360 g/mol. The van der Waals surface area contributed by atoms with Crippen LogP contribution in [0.4, 0.5) is 0 Å². The van der Waals surface area contributed by atoms with Crippen LogP contribution in [0, 0.1) is 11.8 Å². The molecule has 0 saturated heterocycles. The molecule has 6 nitrogen and oxygen atoms in total. The van der Waals surface area contributed by atoms with Gasteiger partial charge in [-0.3, -0.25) is 0 Å². The van der Waals surface area contributed by atoms with Gasteiger partial charge in [0.25, 0.3) is 0 Å². The zero-order chi connectivity index (χ0) is 18.8. The smallest absolute Gasteiger partial charge is 0.160 e. The number of ether oxygens (including phenoxy) is 2. The summed E-state index contributed by atoms with van der Waals surface area (Å²) < 4.78 is 10.4. The monoisotopic (exact) mass is 360 g/mol. The molecule has 0 radical (unpaired) electrons. The van der Waals surface area contributed by atoms with E-state index in [0.29, 0.717) is 17.9 Å². The Labute approximate surface area is 152 Å². The third-order valence-corrected chi connectivity index (χ3v) is 5.30. The van der Waals surface area contributed by atoms with E-state index in [1.54, 1.807) is 30.3 Å². The first-order valence-electron chi connectivity index (χ1n) is 8.52. The average Bonchev–Trinajstić information content (AvgIpc) is 2.66. The number of aliphatic hydroxyl groups excluding tert-OH is 2. The van der Waals surface area contributed by atoms with Crippen LogP contribution in [-0.4, -0.2) is 47.9 Å². The predicted octanol–water partition coefficient (Wildman–Crippen LogP) is 2.02. The summed E-state index contributed by atoms with van der Waals surface area (Å²) in [4.78, 5) is 0. The fraction of sp³-hybridized carbons (Fsp3) is 0.400. The van der Waals surface area contributed by atoms with Crippen molar-refractivity contribution in [1.29, 1.82) is 0 Å². The number of rotatable bonds is 5. The van der Waals surface area contributed by atoms with E-state index in [1.165, 1.54) is 14.2 Å². The van der Waals surface area contributed by atoms with Crippen molar-refractivity contribution < 1.29 is 29.9 Å². The van der Waals surface area contributed by atoms with E-state index in [-0.39, 0.29) is 42.5 Å². The molecule has 0 aliphatic heterocycles. The number of fused-ring (bicyclic) bond motifs is 1. The Bertz CT molecular complexity index is 788.